The van der Waals surface area contributed by atoms with Crippen LogP contribution in [0.1, 0.15) is 30.5 Å². The average Bonchev–Trinajstić information content (AvgIpc) is 3.11. The first kappa shape index (κ1) is 20.2. The summed E-state index contributed by atoms with van der Waals surface area (Å²) in [6, 6.07) is 14.7. The Bertz CT molecular complexity index is 1340. The van der Waals surface area contributed by atoms with Crippen LogP contribution < -0.4 is 14.9 Å². The van der Waals surface area contributed by atoms with Gasteiger partial charge in [0.05, 0.1) is 0 Å². The molecule has 7 heteroatoms. The number of nitrogens with zero attached hydrogens (tertiary/aromatic N) is 5. The van der Waals surface area contributed by atoms with E-state index in [4.69, 9.17) is 15.0 Å². The van der Waals surface area contributed by atoms with Crippen LogP contribution in [0.3, 0.4) is 0 Å². The Balaban J connectivity index is 1.62. The molecule has 0 aliphatic carbocycles. The monoisotopic (exact) mass is 479 g/mol. The molecule has 5 rings (SSSR count). The topological polar surface area (TPSA) is 63.9 Å². The summed E-state index contributed by atoms with van der Waals surface area (Å²) in [5.41, 5.74) is 4.60. The van der Waals surface area contributed by atoms with Crippen LogP contribution in [0.2, 0.25) is 5.32 Å². The van der Waals surface area contributed by atoms with E-state index in [-0.39, 0.29) is 11.6 Å². The van der Waals surface area contributed by atoms with Gasteiger partial charge < -0.3 is 0 Å². The van der Waals surface area contributed by atoms with Crippen molar-refractivity contribution in [2.75, 3.05) is 18.0 Å². The molecule has 4 aromatic rings. The number of anilines is 1. The number of benzene rings is 2. The van der Waals surface area contributed by atoms with Gasteiger partial charge in [0, 0.05) is 0 Å². The summed E-state index contributed by atoms with van der Waals surface area (Å²) in [7, 11) is 0. The average molecular weight is 478 g/mol. The van der Waals surface area contributed by atoms with Gasteiger partial charge in [-0.3, -0.25) is 0 Å². The summed E-state index contributed by atoms with van der Waals surface area (Å²) in [6.45, 7) is 7.97. The van der Waals surface area contributed by atoms with Gasteiger partial charge >= 0.3 is 188 Å². The zero-order valence-corrected chi connectivity index (χ0v) is 19.7. The fraction of sp³-hybridized carbons (Fsp3) is 0.333. The van der Waals surface area contributed by atoms with Gasteiger partial charge in [0.1, 0.15) is 0 Å². The molecule has 2 aromatic carbocycles. The zero-order valence-electron chi connectivity index (χ0n) is 18.0. The molecular formula is C24H25N5OSe. The van der Waals surface area contributed by atoms with Crippen molar-refractivity contribution in [3.05, 3.63) is 63.9 Å². The number of aryl methyl sites for hydroxylation is 2. The Morgan fingerprint density at radius 2 is 1.74 bits per heavy atom. The molecule has 0 amide bonds. The summed E-state index contributed by atoms with van der Waals surface area (Å²) in [6.07, 6.45) is 1.01. The third-order valence-electron chi connectivity index (χ3n) is 5.86. The summed E-state index contributed by atoms with van der Waals surface area (Å²) in [5.74, 6) is 0.741. The van der Waals surface area contributed by atoms with Gasteiger partial charge in [-0.05, 0) is 0 Å². The van der Waals surface area contributed by atoms with Crippen molar-refractivity contribution in [2.24, 2.45) is 0 Å². The van der Waals surface area contributed by atoms with Crippen LogP contribution in [0.4, 0.5) is 5.95 Å². The molecule has 158 valence electrons. The predicted molar refractivity (Wildman–Crippen MR) is 127 cm³/mol. The molecule has 6 nitrogen and oxygen atoms in total. The van der Waals surface area contributed by atoms with E-state index in [2.05, 4.69) is 49.9 Å². The third kappa shape index (κ3) is 3.62. The van der Waals surface area contributed by atoms with Crippen LogP contribution >= 0.6 is 0 Å². The Kier molecular flexibility index (Phi) is 5.24. The minimum absolute atomic E-state index is 0.0694. The Labute approximate surface area is 187 Å². The first-order valence-corrected chi connectivity index (χ1v) is 12.8. The Morgan fingerprint density at radius 1 is 1.03 bits per heavy atom. The van der Waals surface area contributed by atoms with Crippen LogP contribution in [0.5, 0.6) is 0 Å². The number of hydrogen-bond acceptors (Lipinski definition) is 5. The van der Waals surface area contributed by atoms with Crippen molar-refractivity contribution in [1.29, 1.82) is 0 Å². The fourth-order valence-electron chi connectivity index (χ4n) is 4.14. The summed E-state index contributed by atoms with van der Waals surface area (Å²) < 4.78 is 3.23. The first-order valence-electron chi connectivity index (χ1n) is 10.7. The molecule has 3 heterocycles. The molecular weight excluding hydrogens is 453 g/mol. The molecule has 0 saturated carbocycles. The van der Waals surface area contributed by atoms with Gasteiger partial charge in [0.2, 0.25) is 0 Å². The maximum absolute atomic E-state index is 13.6. The van der Waals surface area contributed by atoms with Crippen LogP contribution in [0.15, 0.2) is 47.3 Å². The molecule has 1 aliphatic rings. The molecule has 1 unspecified atom stereocenters. The number of hydrogen-bond donors (Lipinski definition) is 0. The van der Waals surface area contributed by atoms with Gasteiger partial charge in [-0.25, -0.2) is 0 Å². The molecule has 0 bridgehead atoms. The number of fused-ring (bicyclic) bond motifs is 3. The van der Waals surface area contributed by atoms with E-state index >= 15 is 0 Å². The zero-order chi connectivity index (χ0) is 21.5. The summed E-state index contributed by atoms with van der Waals surface area (Å²) in [5, 5.41) is 0.955. The van der Waals surface area contributed by atoms with Crippen LogP contribution in [0.25, 0.3) is 22.2 Å². The number of rotatable bonds is 5. The summed E-state index contributed by atoms with van der Waals surface area (Å²) >= 11 is 0.295. The van der Waals surface area contributed by atoms with Gasteiger partial charge in [-0.15, -0.1) is 0 Å². The first-order chi connectivity index (χ1) is 15.0. The molecule has 1 aliphatic heterocycles. The van der Waals surface area contributed by atoms with Gasteiger partial charge in [0.15, 0.2) is 0 Å². The minimum atomic E-state index is -0.0694. The predicted octanol–water partition coefficient (Wildman–Crippen LogP) is 3.18. The van der Waals surface area contributed by atoms with Crippen molar-refractivity contribution in [3.63, 3.8) is 0 Å². The van der Waals surface area contributed by atoms with E-state index in [1.807, 2.05) is 22.8 Å². The van der Waals surface area contributed by atoms with E-state index in [0.29, 0.717) is 26.1 Å². The second kappa shape index (κ2) is 8.06. The Hall–Kier alpha value is -2.76. The van der Waals surface area contributed by atoms with Crippen molar-refractivity contribution < 1.29 is 0 Å². The molecule has 1 atom stereocenters. The van der Waals surface area contributed by atoms with Crippen molar-refractivity contribution in [3.8, 4) is 0 Å². The standard InChI is InChI=1S/C24H25N5OSe/c1-4-10-28-13-17(14-31-18-8-6-5-7-9-18)29-23(30)21-22(27-24(28)29)26-20-12-16(3)15(2)11-19(20)25-21/h5-9,11-12,17H,4,10,13-14H2,1-3H3. The summed E-state index contributed by atoms with van der Waals surface area (Å²) in [4.78, 5) is 30.1. The van der Waals surface area contributed by atoms with Gasteiger partial charge in [-0.2, -0.15) is 0 Å². The molecule has 0 radical (unpaired) electrons. The molecule has 0 fully saturated rings. The molecule has 2 aromatic heterocycles. The van der Waals surface area contributed by atoms with Crippen molar-refractivity contribution in [2.45, 2.75) is 38.6 Å². The van der Waals surface area contributed by atoms with Crippen LogP contribution in [0, 0.1) is 13.8 Å². The molecule has 0 N–H and O–H groups in total. The third-order valence-corrected chi connectivity index (χ3v) is 8.29. The van der Waals surface area contributed by atoms with Crippen molar-refractivity contribution in [1.82, 2.24) is 19.5 Å². The van der Waals surface area contributed by atoms with E-state index in [9.17, 15) is 4.79 Å². The number of aromatic nitrogens is 4. The van der Waals surface area contributed by atoms with Crippen LogP contribution in [-0.4, -0.2) is 47.6 Å². The quantitative estimate of drug-likeness (QED) is 0.326. The Morgan fingerprint density at radius 3 is 2.45 bits per heavy atom. The molecule has 31 heavy (non-hydrogen) atoms. The van der Waals surface area contributed by atoms with Gasteiger partial charge in [0.25, 0.3) is 0 Å². The molecule has 0 spiro atoms. The molecule has 0 saturated heterocycles. The normalized spacial score (nSPS) is 15.7. The van der Waals surface area contributed by atoms with Gasteiger partial charge in [-0.1, -0.05) is 0 Å². The van der Waals surface area contributed by atoms with Crippen LogP contribution in [-0.2, 0) is 0 Å². The second-order valence-electron chi connectivity index (χ2n) is 8.13. The van der Waals surface area contributed by atoms with E-state index < -0.39 is 0 Å². The van der Waals surface area contributed by atoms with E-state index in [1.165, 1.54) is 4.46 Å². The SMILES string of the molecule is CCCN1CC(C[Se]c2ccccc2)n2c1nc1nc3cc(C)c(C)cc3nc1c2=O. The van der Waals surface area contributed by atoms with E-state index in [0.717, 1.165) is 52.9 Å². The maximum atomic E-state index is 13.6. The fourth-order valence-corrected chi connectivity index (χ4v) is 6.22. The van der Waals surface area contributed by atoms with E-state index in [1.54, 1.807) is 0 Å². The van der Waals surface area contributed by atoms with Crippen molar-refractivity contribution >= 4 is 47.6 Å². The second-order valence-corrected chi connectivity index (χ2v) is 10.4.